The van der Waals surface area contributed by atoms with Crippen LogP contribution in [0, 0.1) is 5.92 Å². The standard InChI is InChI=1S/C9H16N2O4S/c1-6(16(2)15)3-10-9(14)11-4-7(5-11)8(12)13/h6-7H,3-5H2,1-2H3,(H,10,14)(H,12,13). The molecule has 2 amide bonds. The minimum Gasteiger partial charge on any atom is -0.481 e. The summed E-state index contributed by atoms with van der Waals surface area (Å²) in [6.07, 6.45) is 1.58. The second kappa shape index (κ2) is 5.29. The van der Waals surface area contributed by atoms with Crippen molar-refractivity contribution in [3.8, 4) is 0 Å². The summed E-state index contributed by atoms with van der Waals surface area (Å²) >= 11 is 0. The van der Waals surface area contributed by atoms with Crippen molar-refractivity contribution in [2.45, 2.75) is 12.2 Å². The first-order valence-corrected chi connectivity index (χ1v) is 6.61. The van der Waals surface area contributed by atoms with Gasteiger partial charge in [-0.25, -0.2) is 4.79 Å². The first-order chi connectivity index (χ1) is 7.41. The molecule has 1 aliphatic rings. The molecule has 0 radical (unpaired) electrons. The number of urea groups is 1. The van der Waals surface area contributed by atoms with E-state index < -0.39 is 22.7 Å². The summed E-state index contributed by atoms with van der Waals surface area (Å²) in [5.74, 6) is -1.31. The molecule has 7 heteroatoms. The fourth-order valence-electron chi connectivity index (χ4n) is 1.26. The number of rotatable bonds is 4. The Morgan fingerprint density at radius 1 is 1.56 bits per heavy atom. The molecule has 2 atom stereocenters. The van der Waals surface area contributed by atoms with Gasteiger partial charge in [-0.2, -0.15) is 0 Å². The lowest BCUT2D eigenvalue weighted by atomic mass is 10.0. The maximum absolute atomic E-state index is 11.4. The lowest BCUT2D eigenvalue weighted by Gasteiger charge is -2.36. The van der Waals surface area contributed by atoms with Crippen LogP contribution in [0.4, 0.5) is 4.79 Å². The van der Waals surface area contributed by atoms with E-state index in [-0.39, 0.29) is 24.4 Å². The Labute approximate surface area is 96.5 Å². The van der Waals surface area contributed by atoms with Crippen LogP contribution < -0.4 is 5.32 Å². The summed E-state index contributed by atoms with van der Waals surface area (Å²) < 4.78 is 11.0. The predicted molar refractivity (Wildman–Crippen MR) is 59.6 cm³/mol. The molecule has 6 nitrogen and oxygen atoms in total. The molecular formula is C9H16N2O4S. The van der Waals surface area contributed by atoms with Crippen molar-refractivity contribution in [1.82, 2.24) is 10.2 Å². The van der Waals surface area contributed by atoms with Gasteiger partial charge in [0.15, 0.2) is 0 Å². The molecule has 16 heavy (non-hydrogen) atoms. The second-order valence-electron chi connectivity index (χ2n) is 3.94. The lowest BCUT2D eigenvalue weighted by Crippen LogP contribution is -2.56. The van der Waals surface area contributed by atoms with Gasteiger partial charge < -0.3 is 15.3 Å². The smallest absolute Gasteiger partial charge is 0.317 e. The van der Waals surface area contributed by atoms with Crippen LogP contribution in [-0.4, -0.2) is 57.4 Å². The van der Waals surface area contributed by atoms with Crippen molar-refractivity contribution in [3.05, 3.63) is 0 Å². The number of hydrogen-bond donors (Lipinski definition) is 2. The molecule has 0 aliphatic carbocycles. The van der Waals surface area contributed by atoms with Crippen molar-refractivity contribution in [3.63, 3.8) is 0 Å². The Kier molecular flexibility index (Phi) is 4.28. The fraction of sp³-hybridized carbons (Fsp3) is 0.778. The number of amides is 2. The van der Waals surface area contributed by atoms with Crippen LogP contribution in [0.2, 0.25) is 0 Å². The van der Waals surface area contributed by atoms with Crippen LogP contribution >= 0.6 is 0 Å². The Bertz CT molecular complexity index is 315. The van der Waals surface area contributed by atoms with Crippen LogP contribution in [0.3, 0.4) is 0 Å². The van der Waals surface area contributed by atoms with E-state index >= 15 is 0 Å². The number of nitrogens with one attached hydrogen (secondary N) is 1. The van der Waals surface area contributed by atoms with Crippen molar-refractivity contribution < 1.29 is 18.9 Å². The van der Waals surface area contributed by atoms with Gasteiger partial charge in [-0.15, -0.1) is 0 Å². The molecule has 0 aromatic heterocycles. The normalized spacial score (nSPS) is 19.8. The Balaban J connectivity index is 2.23. The van der Waals surface area contributed by atoms with E-state index in [0.717, 1.165) is 0 Å². The average Bonchev–Trinajstić information content (AvgIpc) is 2.10. The summed E-state index contributed by atoms with van der Waals surface area (Å²) in [6.45, 7) is 2.64. The summed E-state index contributed by atoms with van der Waals surface area (Å²) in [7, 11) is -0.966. The molecule has 0 spiro atoms. The zero-order chi connectivity index (χ0) is 12.3. The number of likely N-dealkylation sites (tertiary alicyclic amines) is 1. The van der Waals surface area contributed by atoms with Gasteiger partial charge in [0.05, 0.1) is 5.92 Å². The third kappa shape index (κ3) is 3.19. The quantitative estimate of drug-likeness (QED) is 0.701. The number of hydrogen-bond acceptors (Lipinski definition) is 3. The van der Waals surface area contributed by atoms with Gasteiger partial charge in [-0.05, 0) is 6.92 Å². The third-order valence-corrected chi connectivity index (χ3v) is 3.93. The van der Waals surface area contributed by atoms with Crippen LogP contribution in [0.25, 0.3) is 0 Å². The van der Waals surface area contributed by atoms with E-state index in [9.17, 15) is 13.8 Å². The summed E-state index contributed by atoms with van der Waals surface area (Å²) in [5.41, 5.74) is 0. The molecule has 1 saturated heterocycles. The average molecular weight is 248 g/mol. The second-order valence-corrected chi connectivity index (χ2v) is 5.74. The van der Waals surface area contributed by atoms with Gasteiger partial charge in [0.25, 0.3) is 0 Å². The van der Waals surface area contributed by atoms with Crippen LogP contribution in [0.15, 0.2) is 0 Å². The molecule has 1 fully saturated rings. The highest BCUT2D eigenvalue weighted by Gasteiger charge is 2.35. The molecule has 1 rings (SSSR count). The summed E-state index contributed by atoms with van der Waals surface area (Å²) in [5, 5.41) is 11.2. The van der Waals surface area contributed by atoms with Gasteiger partial charge in [-0.3, -0.25) is 9.00 Å². The predicted octanol–water partition coefficient (Wildman–Crippen LogP) is -0.521. The molecule has 92 valence electrons. The van der Waals surface area contributed by atoms with E-state index in [1.807, 2.05) is 0 Å². The highest BCUT2D eigenvalue weighted by molar-refractivity contribution is 7.84. The molecule has 2 N–H and O–H groups in total. The van der Waals surface area contributed by atoms with E-state index in [1.165, 1.54) is 4.90 Å². The molecule has 0 bridgehead atoms. The van der Waals surface area contributed by atoms with Crippen molar-refractivity contribution in [2.75, 3.05) is 25.9 Å². The first-order valence-electron chi connectivity index (χ1n) is 4.99. The Morgan fingerprint density at radius 2 is 2.12 bits per heavy atom. The van der Waals surface area contributed by atoms with E-state index in [4.69, 9.17) is 5.11 Å². The number of carbonyl (C=O) groups is 2. The zero-order valence-electron chi connectivity index (χ0n) is 9.30. The molecule has 0 aromatic rings. The van der Waals surface area contributed by atoms with E-state index in [2.05, 4.69) is 5.32 Å². The maximum Gasteiger partial charge on any atom is 0.317 e. The summed E-state index contributed by atoms with van der Waals surface area (Å²) in [4.78, 5) is 23.4. The minimum absolute atomic E-state index is 0.0968. The van der Waals surface area contributed by atoms with E-state index in [0.29, 0.717) is 6.54 Å². The highest BCUT2D eigenvalue weighted by Crippen LogP contribution is 2.15. The lowest BCUT2D eigenvalue weighted by molar-refractivity contribution is -0.146. The van der Waals surface area contributed by atoms with Crippen LogP contribution in [0.5, 0.6) is 0 Å². The van der Waals surface area contributed by atoms with Crippen molar-refractivity contribution in [2.24, 2.45) is 5.92 Å². The number of aliphatic carboxylic acids is 1. The zero-order valence-corrected chi connectivity index (χ0v) is 10.1. The number of nitrogens with zero attached hydrogens (tertiary/aromatic N) is 1. The SMILES string of the molecule is CC(CNC(=O)N1CC(C(=O)O)C1)S(C)=O. The van der Waals surface area contributed by atoms with E-state index in [1.54, 1.807) is 13.2 Å². The largest absolute Gasteiger partial charge is 0.481 e. The first kappa shape index (κ1) is 13.0. The van der Waals surface area contributed by atoms with Gasteiger partial charge >= 0.3 is 12.0 Å². The molecular weight excluding hydrogens is 232 g/mol. The topological polar surface area (TPSA) is 86.7 Å². The van der Waals surface area contributed by atoms with Crippen LogP contribution in [0.1, 0.15) is 6.92 Å². The Hall–Kier alpha value is -1.11. The summed E-state index contributed by atoms with van der Waals surface area (Å²) in [6, 6.07) is -0.283. The van der Waals surface area contributed by atoms with Crippen molar-refractivity contribution in [1.29, 1.82) is 0 Å². The number of carboxylic acid groups (broad SMARTS) is 1. The van der Waals surface area contributed by atoms with Gasteiger partial charge in [0.1, 0.15) is 0 Å². The van der Waals surface area contributed by atoms with Gasteiger partial charge in [-0.1, -0.05) is 0 Å². The Morgan fingerprint density at radius 3 is 2.56 bits per heavy atom. The molecule has 2 unspecified atom stereocenters. The highest BCUT2D eigenvalue weighted by atomic mass is 32.2. The minimum atomic E-state index is -0.966. The molecule has 0 saturated carbocycles. The maximum atomic E-state index is 11.4. The van der Waals surface area contributed by atoms with Crippen LogP contribution in [-0.2, 0) is 15.6 Å². The third-order valence-electron chi connectivity index (χ3n) is 2.63. The van der Waals surface area contributed by atoms with Gasteiger partial charge in [0, 0.05) is 41.9 Å². The molecule has 1 aliphatic heterocycles. The van der Waals surface area contributed by atoms with Gasteiger partial charge in [0.2, 0.25) is 0 Å². The fourth-order valence-corrected chi connectivity index (χ4v) is 1.58. The molecule has 1 heterocycles. The number of carboxylic acids is 1. The number of carbonyl (C=O) groups excluding carboxylic acids is 1. The molecule has 0 aromatic carbocycles. The monoisotopic (exact) mass is 248 g/mol. The van der Waals surface area contributed by atoms with Crippen molar-refractivity contribution >= 4 is 22.8 Å².